The van der Waals surface area contributed by atoms with Crippen molar-refractivity contribution in [2.75, 3.05) is 44.2 Å². The van der Waals surface area contributed by atoms with Crippen LogP contribution in [0.25, 0.3) is 11.4 Å². The molecule has 168 valence electrons. The van der Waals surface area contributed by atoms with Gasteiger partial charge in [0.05, 0.1) is 0 Å². The van der Waals surface area contributed by atoms with Gasteiger partial charge in [0.25, 0.3) is 0 Å². The summed E-state index contributed by atoms with van der Waals surface area (Å²) in [5, 5.41) is 10.2. The zero-order valence-corrected chi connectivity index (χ0v) is 19.3. The van der Waals surface area contributed by atoms with Gasteiger partial charge in [-0.15, -0.1) is 0 Å². The maximum Gasteiger partial charge on any atom is 0.221 e. The summed E-state index contributed by atoms with van der Waals surface area (Å²) < 4.78 is 2.42. The molecule has 1 aromatic heterocycles. The van der Waals surface area contributed by atoms with E-state index in [4.69, 9.17) is 12.2 Å². The molecule has 1 saturated heterocycles. The molecule has 1 fully saturated rings. The van der Waals surface area contributed by atoms with E-state index in [0.29, 0.717) is 24.3 Å². The molecule has 8 heteroatoms. The number of anilines is 1. The van der Waals surface area contributed by atoms with E-state index in [1.807, 2.05) is 34.9 Å². The molecule has 4 rings (SSSR count). The zero-order valence-electron chi connectivity index (χ0n) is 18.5. The molecule has 0 saturated carbocycles. The second-order valence-electron chi connectivity index (χ2n) is 8.13. The first-order chi connectivity index (χ1) is 15.6. The molecule has 7 nitrogen and oxygen atoms in total. The molecule has 1 aliphatic heterocycles. The average molecular weight is 451 g/mol. The van der Waals surface area contributed by atoms with Crippen LogP contribution in [-0.2, 0) is 11.3 Å². The van der Waals surface area contributed by atoms with Crippen molar-refractivity contribution in [2.24, 2.45) is 0 Å². The average Bonchev–Trinajstić information content (AvgIpc) is 3.19. The summed E-state index contributed by atoms with van der Waals surface area (Å²) >= 11 is 5.37. The van der Waals surface area contributed by atoms with Gasteiger partial charge in [-0.1, -0.05) is 48.0 Å². The predicted molar refractivity (Wildman–Crippen MR) is 130 cm³/mol. The van der Waals surface area contributed by atoms with E-state index in [1.165, 1.54) is 11.3 Å². The van der Waals surface area contributed by atoms with Gasteiger partial charge in [-0.25, -0.2) is 0 Å². The number of hydrogen-bond donors (Lipinski definition) is 2. The third-order valence-corrected chi connectivity index (χ3v) is 6.19. The second-order valence-corrected chi connectivity index (χ2v) is 8.52. The molecular formula is C24H30N6OS. The molecule has 0 aliphatic carbocycles. The number of aromatic amines is 1. The quantitative estimate of drug-likeness (QED) is 0.516. The van der Waals surface area contributed by atoms with E-state index in [9.17, 15) is 4.79 Å². The van der Waals surface area contributed by atoms with Gasteiger partial charge in [-0.05, 0) is 31.3 Å². The lowest BCUT2D eigenvalue weighted by Gasteiger charge is -2.36. The minimum Gasteiger partial charge on any atom is -0.369 e. The minimum absolute atomic E-state index is 0.0332. The molecule has 0 atom stereocenters. The van der Waals surface area contributed by atoms with E-state index in [-0.39, 0.29) is 5.91 Å². The first-order valence-corrected chi connectivity index (χ1v) is 11.5. The van der Waals surface area contributed by atoms with Gasteiger partial charge >= 0.3 is 0 Å². The maximum atomic E-state index is 12.4. The number of carbonyl (C=O) groups is 1. The summed E-state index contributed by atoms with van der Waals surface area (Å²) in [5.74, 6) is 0.796. The lowest BCUT2D eigenvalue weighted by atomic mass is 10.1. The molecule has 2 heterocycles. The molecule has 0 spiro atoms. The van der Waals surface area contributed by atoms with Crippen molar-refractivity contribution in [3.05, 3.63) is 64.9 Å². The SMILES string of the molecule is Cc1ccc(-c2n[nH]c(=S)n2CCC(=O)NCCN2CCN(c3ccccc3)CC2)cc1. The van der Waals surface area contributed by atoms with Gasteiger partial charge in [0, 0.05) is 63.5 Å². The highest BCUT2D eigenvalue weighted by Crippen LogP contribution is 2.18. The van der Waals surface area contributed by atoms with Gasteiger partial charge in [-0.2, -0.15) is 5.10 Å². The minimum atomic E-state index is 0.0332. The Hall–Kier alpha value is -2.97. The number of nitrogens with one attached hydrogen (secondary N) is 2. The highest BCUT2D eigenvalue weighted by atomic mass is 32.1. The summed E-state index contributed by atoms with van der Waals surface area (Å²) in [5.41, 5.74) is 3.46. The lowest BCUT2D eigenvalue weighted by Crippen LogP contribution is -2.48. The summed E-state index contributed by atoms with van der Waals surface area (Å²) in [6.07, 6.45) is 0.370. The van der Waals surface area contributed by atoms with Crippen LogP contribution >= 0.6 is 12.2 Å². The van der Waals surface area contributed by atoms with Crippen molar-refractivity contribution in [1.82, 2.24) is 25.0 Å². The van der Waals surface area contributed by atoms with Gasteiger partial charge < -0.3 is 10.2 Å². The molecule has 0 radical (unpaired) electrons. The Morgan fingerprint density at radius 3 is 2.47 bits per heavy atom. The Labute approximate surface area is 194 Å². The number of hydrogen-bond acceptors (Lipinski definition) is 5. The van der Waals surface area contributed by atoms with Crippen LogP contribution in [0.1, 0.15) is 12.0 Å². The van der Waals surface area contributed by atoms with Crippen molar-refractivity contribution < 1.29 is 4.79 Å². The van der Waals surface area contributed by atoms with Crippen LogP contribution < -0.4 is 10.2 Å². The third kappa shape index (κ3) is 5.63. The number of benzene rings is 2. The van der Waals surface area contributed by atoms with Crippen molar-refractivity contribution in [3.63, 3.8) is 0 Å². The molecule has 0 bridgehead atoms. The fourth-order valence-electron chi connectivity index (χ4n) is 3.97. The maximum absolute atomic E-state index is 12.4. The zero-order chi connectivity index (χ0) is 22.3. The molecule has 1 aliphatic rings. The number of nitrogens with zero attached hydrogens (tertiary/aromatic N) is 4. The van der Waals surface area contributed by atoms with Crippen molar-refractivity contribution in [2.45, 2.75) is 19.9 Å². The molecule has 3 aromatic rings. The highest BCUT2D eigenvalue weighted by Gasteiger charge is 2.17. The van der Waals surface area contributed by atoms with E-state index in [1.54, 1.807) is 0 Å². The van der Waals surface area contributed by atoms with E-state index in [2.05, 4.69) is 56.5 Å². The Bertz CT molecular complexity index is 1070. The van der Waals surface area contributed by atoms with Gasteiger partial charge in [0.15, 0.2) is 10.6 Å². The van der Waals surface area contributed by atoms with Crippen LogP contribution in [0.5, 0.6) is 0 Å². The first-order valence-electron chi connectivity index (χ1n) is 11.1. The number of piperazine rings is 1. The van der Waals surface area contributed by atoms with Crippen molar-refractivity contribution >= 4 is 23.8 Å². The first kappa shape index (κ1) is 22.2. The molecule has 2 N–H and O–H groups in total. The number of aromatic nitrogens is 3. The van der Waals surface area contributed by atoms with E-state index in [0.717, 1.165) is 44.1 Å². The van der Waals surface area contributed by atoms with Gasteiger partial charge in [0.1, 0.15) is 0 Å². The van der Waals surface area contributed by atoms with E-state index < -0.39 is 0 Å². The molecule has 2 aromatic carbocycles. The number of carbonyl (C=O) groups excluding carboxylic acids is 1. The van der Waals surface area contributed by atoms with E-state index >= 15 is 0 Å². The summed E-state index contributed by atoms with van der Waals surface area (Å²) in [4.78, 5) is 17.2. The summed E-state index contributed by atoms with van der Waals surface area (Å²) in [7, 11) is 0. The number of rotatable bonds is 8. The molecule has 1 amide bonds. The fraction of sp³-hybridized carbons (Fsp3) is 0.375. The van der Waals surface area contributed by atoms with Crippen LogP contribution in [0.2, 0.25) is 0 Å². The summed E-state index contributed by atoms with van der Waals surface area (Å²) in [6, 6.07) is 18.7. The Kier molecular flexibility index (Phi) is 7.34. The van der Waals surface area contributed by atoms with Crippen LogP contribution in [0.3, 0.4) is 0 Å². The van der Waals surface area contributed by atoms with Crippen molar-refractivity contribution in [1.29, 1.82) is 0 Å². The van der Waals surface area contributed by atoms with Crippen LogP contribution in [0.4, 0.5) is 5.69 Å². The number of aryl methyl sites for hydroxylation is 1. The van der Waals surface area contributed by atoms with Gasteiger partial charge in [-0.3, -0.25) is 19.4 Å². The number of amides is 1. The largest absolute Gasteiger partial charge is 0.369 e. The standard InChI is InChI=1S/C24H30N6OS/c1-19-7-9-20(10-8-19)23-26-27-24(32)30(23)13-11-22(31)25-12-14-28-15-17-29(18-16-28)21-5-3-2-4-6-21/h2-10H,11-18H2,1H3,(H,25,31)(H,27,32). The van der Waals surface area contributed by atoms with Crippen LogP contribution in [0, 0.1) is 11.7 Å². The number of para-hydroxylation sites is 1. The van der Waals surface area contributed by atoms with Crippen molar-refractivity contribution in [3.8, 4) is 11.4 Å². The Morgan fingerprint density at radius 1 is 1.03 bits per heavy atom. The second kappa shape index (κ2) is 10.6. The Balaban J connectivity index is 1.20. The lowest BCUT2D eigenvalue weighted by molar-refractivity contribution is -0.121. The van der Waals surface area contributed by atoms with Crippen LogP contribution in [-0.4, -0.2) is 64.8 Å². The Morgan fingerprint density at radius 2 is 1.75 bits per heavy atom. The number of H-pyrrole nitrogens is 1. The molecular weight excluding hydrogens is 420 g/mol. The highest BCUT2D eigenvalue weighted by molar-refractivity contribution is 7.71. The predicted octanol–water partition coefficient (Wildman–Crippen LogP) is 3.24. The fourth-order valence-corrected chi connectivity index (χ4v) is 4.20. The molecule has 0 unspecified atom stereocenters. The summed E-state index contributed by atoms with van der Waals surface area (Å²) in [6.45, 7) is 8.12. The third-order valence-electron chi connectivity index (χ3n) is 5.87. The normalized spacial score (nSPS) is 14.5. The molecule has 32 heavy (non-hydrogen) atoms. The topological polar surface area (TPSA) is 69.2 Å². The monoisotopic (exact) mass is 450 g/mol. The smallest absolute Gasteiger partial charge is 0.221 e. The van der Waals surface area contributed by atoms with Crippen LogP contribution in [0.15, 0.2) is 54.6 Å². The van der Waals surface area contributed by atoms with Gasteiger partial charge in [0.2, 0.25) is 5.91 Å².